The first-order valence-electron chi connectivity index (χ1n) is 9.82. The average molecular weight is 422 g/mol. The van der Waals surface area contributed by atoms with Gasteiger partial charge in [0.1, 0.15) is 11.4 Å². The highest BCUT2D eigenvalue weighted by atomic mass is 16.6. The van der Waals surface area contributed by atoms with Crippen LogP contribution in [-0.2, 0) is 4.74 Å². The van der Waals surface area contributed by atoms with E-state index in [1.54, 1.807) is 31.3 Å². The van der Waals surface area contributed by atoms with E-state index >= 15 is 0 Å². The van der Waals surface area contributed by atoms with Crippen molar-refractivity contribution in [3.05, 3.63) is 75.5 Å². The van der Waals surface area contributed by atoms with Gasteiger partial charge < -0.3 is 14.4 Å². The Balaban J connectivity index is 1.83. The fraction of sp³-hybridized carbons (Fsp3) is 0.273. The van der Waals surface area contributed by atoms with Crippen molar-refractivity contribution in [3.63, 3.8) is 0 Å². The Morgan fingerprint density at radius 3 is 2.58 bits per heavy atom. The van der Waals surface area contributed by atoms with Crippen molar-refractivity contribution in [1.29, 1.82) is 0 Å². The summed E-state index contributed by atoms with van der Waals surface area (Å²) in [5.41, 5.74) is 3.27. The molecule has 3 aromatic rings. The van der Waals surface area contributed by atoms with Crippen LogP contribution in [0.5, 0.6) is 5.75 Å². The van der Waals surface area contributed by atoms with Gasteiger partial charge in [0, 0.05) is 49.1 Å². The number of amides is 1. The molecule has 0 saturated heterocycles. The maximum absolute atomic E-state index is 13.2. The smallest absolute Gasteiger partial charge is 0.273 e. The van der Waals surface area contributed by atoms with Gasteiger partial charge in [0.2, 0.25) is 0 Å². The number of nitrogens with one attached hydrogen (secondary N) is 1. The third-order valence-corrected chi connectivity index (χ3v) is 5.40. The van der Waals surface area contributed by atoms with Crippen LogP contribution in [0, 0.1) is 10.1 Å². The van der Waals surface area contributed by atoms with Gasteiger partial charge in [-0.1, -0.05) is 18.2 Å². The van der Waals surface area contributed by atoms with E-state index in [1.165, 1.54) is 12.1 Å². The van der Waals surface area contributed by atoms with Crippen LogP contribution in [0.15, 0.2) is 48.5 Å². The summed E-state index contributed by atoms with van der Waals surface area (Å²) in [7, 11) is 3.22. The number of nitro benzene ring substituents is 1. The highest BCUT2D eigenvalue weighted by molar-refractivity contribution is 6.00. The molecule has 1 aliphatic heterocycles. The van der Waals surface area contributed by atoms with E-state index in [-0.39, 0.29) is 11.6 Å². The number of carbonyl (C=O) groups excluding carboxylic acids is 1. The summed E-state index contributed by atoms with van der Waals surface area (Å²) in [6.07, 6.45) is 0.679. The van der Waals surface area contributed by atoms with Crippen molar-refractivity contribution in [3.8, 4) is 17.0 Å². The third-order valence-electron chi connectivity index (χ3n) is 5.40. The van der Waals surface area contributed by atoms with E-state index < -0.39 is 11.0 Å². The van der Waals surface area contributed by atoms with Gasteiger partial charge in [-0.15, -0.1) is 0 Å². The number of non-ortho nitro benzene ring substituents is 1. The summed E-state index contributed by atoms with van der Waals surface area (Å²) in [5, 5.41) is 18.3. The monoisotopic (exact) mass is 422 g/mol. The van der Waals surface area contributed by atoms with Crippen molar-refractivity contribution < 1.29 is 19.2 Å². The lowest BCUT2D eigenvalue weighted by Crippen LogP contribution is -2.31. The van der Waals surface area contributed by atoms with E-state index in [4.69, 9.17) is 9.47 Å². The highest BCUT2D eigenvalue weighted by Crippen LogP contribution is 2.45. The van der Waals surface area contributed by atoms with Gasteiger partial charge in [0.05, 0.1) is 23.8 Å². The quantitative estimate of drug-likeness (QED) is 0.337. The zero-order valence-electron chi connectivity index (χ0n) is 17.2. The molecule has 0 saturated carbocycles. The molecule has 0 radical (unpaired) electrons. The highest BCUT2D eigenvalue weighted by Gasteiger charge is 2.42. The number of hydrogen-bond donors (Lipinski definition) is 1. The van der Waals surface area contributed by atoms with Crippen molar-refractivity contribution in [2.24, 2.45) is 0 Å². The largest absolute Gasteiger partial charge is 0.496 e. The van der Waals surface area contributed by atoms with Crippen LogP contribution < -0.4 is 4.74 Å². The van der Waals surface area contributed by atoms with E-state index in [9.17, 15) is 14.9 Å². The number of nitro groups is 1. The molecule has 0 spiro atoms. The maximum atomic E-state index is 13.2. The Hall–Kier alpha value is -3.72. The lowest BCUT2D eigenvalue weighted by atomic mass is 9.95. The number of aromatic amines is 1. The molecule has 0 bridgehead atoms. The van der Waals surface area contributed by atoms with E-state index in [1.807, 2.05) is 24.3 Å². The standard InChI is InChI=1S/C22H22N4O5/c1-30-13-5-12-25-21(16-6-3-4-7-17(16)31-2)18-19(23-24-20(18)22(25)27)14-8-10-15(11-9-14)26(28)29/h3-4,6-11,21H,5,12-13H2,1-2H3,(H,23,24). The molecule has 2 aromatic carbocycles. The molecule has 9 heteroatoms. The lowest BCUT2D eigenvalue weighted by Gasteiger charge is -2.27. The first-order chi connectivity index (χ1) is 15.1. The number of nitrogens with zero attached hydrogens (tertiary/aromatic N) is 3. The number of para-hydroxylation sites is 1. The molecule has 0 fully saturated rings. The summed E-state index contributed by atoms with van der Waals surface area (Å²) in [4.78, 5) is 25.6. The molecule has 1 aromatic heterocycles. The van der Waals surface area contributed by atoms with Crippen LogP contribution >= 0.6 is 0 Å². The molecular formula is C22H22N4O5. The number of benzene rings is 2. The fourth-order valence-electron chi connectivity index (χ4n) is 3.98. The summed E-state index contributed by atoms with van der Waals surface area (Å²) < 4.78 is 10.7. The minimum Gasteiger partial charge on any atom is -0.496 e. The number of hydrogen-bond acceptors (Lipinski definition) is 6. The summed E-state index contributed by atoms with van der Waals surface area (Å²) in [6.45, 7) is 1.03. The van der Waals surface area contributed by atoms with Crippen LogP contribution in [0.4, 0.5) is 5.69 Å². The number of rotatable bonds is 8. The second kappa shape index (κ2) is 8.57. The van der Waals surface area contributed by atoms with Gasteiger partial charge >= 0.3 is 0 Å². The summed E-state index contributed by atoms with van der Waals surface area (Å²) >= 11 is 0. The van der Waals surface area contributed by atoms with Crippen LogP contribution in [-0.4, -0.2) is 53.3 Å². The Bertz CT molecular complexity index is 1110. The van der Waals surface area contributed by atoms with E-state index in [0.717, 1.165) is 11.1 Å². The maximum Gasteiger partial charge on any atom is 0.273 e. The van der Waals surface area contributed by atoms with Crippen molar-refractivity contribution in [2.45, 2.75) is 12.5 Å². The predicted octanol–water partition coefficient (Wildman–Crippen LogP) is 3.58. The minimum atomic E-state index is -0.447. The zero-order chi connectivity index (χ0) is 22.0. The fourth-order valence-corrected chi connectivity index (χ4v) is 3.98. The molecule has 9 nitrogen and oxygen atoms in total. The SMILES string of the molecule is COCCCN1C(=O)c2[nH]nc(-c3ccc([N+](=O)[O-])cc3)c2C1c1ccccc1OC. The molecule has 1 N–H and O–H groups in total. The lowest BCUT2D eigenvalue weighted by molar-refractivity contribution is -0.384. The number of ether oxygens (including phenoxy) is 2. The number of carbonyl (C=O) groups is 1. The number of methoxy groups -OCH3 is 2. The second-order valence-electron chi connectivity index (χ2n) is 7.15. The Labute approximate surface area is 178 Å². The topological polar surface area (TPSA) is 111 Å². The summed E-state index contributed by atoms with van der Waals surface area (Å²) in [5.74, 6) is 0.517. The molecule has 1 atom stereocenters. The first-order valence-corrected chi connectivity index (χ1v) is 9.82. The summed E-state index contributed by atoms with van der Waals surface area (Å²) in [6, 6.07) is 13.3. The molecule has 4 rings (SSSR count). The number of H-pyrrole nitrogens is 1. The van der Waals surface area contributed by atoms with Gasteiger partial charge in [-0.3, -0.25) is 20.0 Å². The third kappa shape index (κ3) is 3.64. The predicted molar refractivity (Wildman–Crippen MR) is 113 cm³/mol. The van der Waals surface area contributed by atoms with Gasteiger partial charge in [0.25, 0.3) is 11.6 Å². The first kappa shape index (κ1) is 20.5. The Kier molecular flexibility index (Phi) is 5.68. The molecule has 31 heavy (non-hydrogen) atoms. The Morgan fingerprint density at radius 1 is 1.16 bits per heavy atom. The average Bonchev–Trinajstić information content (AvgIpc) is 3.33. The van der Waals surface area contributed by atoms with Crippen molar-refractivity contribution >= 4 is 11.6 Å². The normalized spacial score (nSPS) is 15.2. The van der Waals surface area contributed by atoms with Crippen LogP contribution in [0.1, 0.15) is 34.1 Å². The van der Waals surface area contributed by atoms with Gasteiger partial charge in [-0.25, -0.2) is 0 Å². The molecule has 1 unspecified atom stereocenters. The minimum absolute atomic E-state index is 0.00511. The Morgan fingerprint density at radius 2 is 1.90 bits per heavy atom. The van der Waals surface area contributed by atoms with Gasteiger partial charge in [0.15, 0.2) is 0 Å². The van der Waals surface area contributed by atoms with Crippen LogP contribution in [0.25, 0.3) is 11.3 Å². The van der Waals surface area contributed by atoms with Gasteiger partial charge in [-0.05, 0) is 24.6 Å². The van der Waals surface area contributed by atoms with E-state index in [2.05, 4.69) is 10.2 Å². The van der Waals surface area contributed by atoms with Crippen molar-refractivity contribution in [2.75, 3.05) is 27.4 Å². The van der Waals surface area contributed by atoms with Gasteiger partial charge in [-0.2, -0.15) is 5.10 Å². The molecule has 160 valence electrons. The molecular weight excluding hydrogens is 400 g/mol. The molecule has 1 aliphatic rings. The van der Waals surface area contributed by atoms with Crippen LogP contribution in [0.3, 0.4) is 0 Å². The second-order valence-corrected chi connectivity index (χ2v) is 7.15. The number of aromatic nitrogens is 2. The van der Waals surface area contributed by atoms with E-state index in [0.29, 0.717) is 42.3 Å². The zero-order valence-corrected chi connectivity index (χ0v) is 17.2. The molecule has 1 amide bonds. The van der Waals surface area contributed by atoms with Crippen LogP contribution in [0.2, 0.25) is 0 Å². The number of fused-ring (bicyclic) bond motifs is 1. The van der Waals surface area contributed by atoms with Crippen molar-refractivity contribution in [1.82, 2.24) is 15.1 Å². The molecule has 0 aliphatic carbocycles. The molecule has 2 heterocycles.